The van der Waals surface area contributed by atoms with Gasteiger partial charge in [0.05, 0.1) is 23.0 Å². The van der Waals surface area contributed by atoms with Crippen molar-refractivity contribution in [3.05, 3.63) is 45.1 Å². The molecule has 0 bridgehead atoms. The molecule has 1 aromatic heterocycles. The number of aromatic hydroxyl groups is 1. The molecule has 0 atom stereocenters. The lowest BCUT2D eigenvalue weighted by molar-refractivity contribution is 0.371. The molecule has 0 spiro atoms. The number of aromatic nitrogens is 1. The molecule has 1 heterocycles. The van der Waals surface area contributed by atoms with Gasteiger partial charge >= 0.3 is 0 Å². The monoisotopic (exact) mass is 356 g/mol. The van der Waals surface area contributed by atoms with Crippen molar-refractivity contribution >= 4 is 33.2 Å². The highest BCUT2D eigenvalue weighted by atomic mass is 79.9. The molecule has 0 fully saturated rings. The molecular formula is C14H14BrClN2O2. The molecule has 0 saturated carbocycles. The van der Waals surface area contributed by atoms with Crippen LogP contribution < -0.4 is 10.1 Å². The predicted octanol–water partition coefficient (Wildman–Crippen LogP) is 4.13. The van der Waals surface area contributed by atoms with Gasteiger partial charge in [-0.15, -0.1) is 0 Å². The van der Waals surface area contributed by atoms with Gasteiger partial charge in [-0.2, -0.15) is 0 Å². The van der Waals surface area contributed by atoms with E-state index >= 15 is 0 Å². The summed E-state index contributed by atoms with van der Waals surface area (Å²) >= 11 is 9.12. The Labute approximate surface area is 130 Å². The Morgan fingerprint density at radius 2 is 2.15 bits per heavy atom. The Kier molecular flexibility index (Phi) is 4.73. The number of pyridine rings is 1. The number of anilines is 1. The number of halogens is 2. The average Bonchev–Trinajstić information content (AvgIpc) is 2.41. The van der Waals surface area contributed by atoms with Crippen molar-refractivity contribution in [2.75, 3.05) is 12.4 Å². The fourth-order valence-electron chi connectivity index (χ4n) is 1.80. The van der Waals surface area contributed by atoms with Crippen molar-refractivity contribution in [3.8, 4) is 11.5 Å². The number of nitrogens with one attached hydrogen (secondary N) is 1. The van der Waals surface area contributed by atoms with E-state index in [1.54, 1.807) is 12.1 Å². The third kappa shape index (κ3) is 3.35. The van der Waals surface area contributed by atoms with E-state index in [9.17, 15) is 5.11 Å². The molecular weight excluding hydrogens is 344 g/mol. The highest BCUT2D eigenvalue weighted by Gasteiger charge is 2.09. The summed E-state index contributed by atoms with van der Waals surface area (Å²) in [6, 6.07) is 7.25. The second-order valence-electron chi connectivity index (χ2n) is 4.25. The van der Waals surface area contributed by atoms with E-state index < -0.39 is 0 Å². The topological polar surface area (TPSA) is 54.4 Å². The Morgan fingerprint density at radius 3 is 2.80 bits per heavy atom. The Hall–Kier alpha value is -1.46. The van der Waals surface area contributed by atoms with E-state index in [0.29, 0.717) is 21.9 Å². The quantitative estimate of drug-likeness (QED) is 0.808. The zero-order valence-corrected chi connectivity index (χ0v) is 13.4. The maximum Gasteiger partial charge on any atom is 0.172 e. The van der Waals surface area contributed by atoms with Crippen molar-refractivity contribution < 1.29 is 9.84 Å². The summed E-state index contributed by atoms with van der Waals surface area (Å²) < 4.78 is 5.72. The smallest absolute Gasteiger partial charge is 0.172 e. The summed E-state index contributed by atoms with van der Waals surface area (Å²) in [4.78, 5) is 4.18. The minimum atomic E-state index is 0.0978. The first-order chi connectivity index (χ1) is 9.51. The van der Waals surface area contributed by atoms with Crippen molar-refractivity contribution in [1.82, 2.24) is 4.98 Å². The van der Waals surface area contributed by atoms with Crippen molar-refractivity contribution in [2.45, 2.75) is 13.5 Å². The Bertz CT molecular complexity index is 635. The minimum absolute atomic E-state index is 0.0978. The molecule has 2 N–H and O–H groups in total. The summed E-state index contributed by atoms with van der Waals surface area (Å²) in [5.74, 6) is 0.530. The van der Waals surface area contributed by atoms with E-state index in [2.05, 4.69) is 26.2 Å². The lowest BCUT2D eigenvalue weighted by Gasteiger charge is -2.12. The summed E-state index contributed by atoms with van der Waals surface area (Å²) in [7, 11) is 1.52. The number of nitrogens with zero attached hydrogens (tertiary/aromatic N) is 1. The van der Waals surface area contributed by atoms with Crippen molar-refractivity contribution in [1.29, 1.82) is 0 Å². The van der Waals surface area contributed by atoms with E-state index in [1.807, 2.05) is 19.1 Å². The fourth-order valence-corrected chi connectivity index (χ4v) is 2.48. The molecule has 2 aromatic rings. The van der Waals surface area contributed by atoms with Gasteiger partial charge in [-0.3, -0.25) is 0 Å². The van der Waals surface area contributed by atoms with Gasteiger partial charge in [0.25, 0.3) is 0 Å². The highest BCUT2D eigenvalue weighted by molar-refractivity contribution is 9.10. The van der Waals surface area contributed by atoms with E-state index in [4.69, 9.17) is 16.3 Å². The fraction of sp³-hybridized carbons (Fsp3) is 0.214. The molecule has 6 heteroatoms. The third-order valence-corrected chi connectivity index (χ3v) is 3.66. The van der Waals surface area contributed by atoms with Gasteiger partial charge in [0.15, 0.2) is 11.5 Å². The maximum absolute atomic E-state index is 9.76. The molecule has 2 rings (SSSR count). The van der Waals surface area contributed by atoms with Crippen LogP contribution in [0.1, 0.15) is 11.3 Å². The molecule has 0 saturated heterocycles. The first-order valence-corrected chi connectivity index (χ1v) is 7.10. The summed E-state index contributed by atoms with van der Waals surface area (Å²) in [5, 5.41) is 13.5. The number of phenols is 1. The molecule has 1 aromatic carbocycles. The van der Waals surface area contributed by atoms with Crippen molar-refractivity contribution in [3.63, 3.8) is 0 Å². The van der Waals surface area contributed by atoms with Crippen LogP contribution in [-0.4, -0.2) is 17.2 Å². The third-order valence-electron chi connectivity index (χ3n) is 2.84. The highest BCUT2D eigenvalue weighted by Crippen LogP contribution is 2.35. The molecule has 4 nitrogen and oxygen atoms in total. The SMILES string of the molecule is COc1cc(CNc2ccc(Cl)nc2C)cc(Br)c1O. The zero-order chi connectivity index (χ0) is 14.7. The zero-order valence-electron chi connectivity index (χ0n) is 11.1. The van der Waals surface area contributed by atoms with Crippen LogP contribution in [0.3, 0.4) is 0 Å². The average molecular weight is 358 g/mol. The molecule has 20 heavy (non-hydrogen) atoms. The molecule has 0 aliphatic rings. The minimum Gasteiger partial charge on any atom is -0.503 e. The second kappa shape index (κ2) is 6.33. The summed E-state index contributed by atoms with van der Waals surface area (Å²) in [6.07, 6.45) is 0. The maximum atomic E-state index is 9.76. The van der Waals surface area contributed by atoms with Crippen LogP contribution in [0.25, 0.3) is 0 Å². The molecule has 0 amide bonds. The van der Waals surface area contributed by atoms with Gasteiger partial charge in [0.1, 0.15) is 5.15 Å². The largest absolute Gasteiger partial charge is 0.503 e. The van der Waals surface area contributed by atoms with Crippen LogP contribution >= 0.6 is 27.5 Å². The normalized spacial score (nSPS) is 10.4. The lowest BCUT2D eigenvalue weighted by Crippen LogP contribution is -2.02. The van der Waals surface area contributed by atoms with Crippen LogP contribution in [0.4, 0.5) is 5.69 Å². The number of hydrogen-bond donors (Lipinski definition) is 2. The molecule has 0 radical (unpaired) electrons. The van der Waals surface area contributed by atoms with Crippen LogP contribution in [0, 0.1) is 6.92 Å². The number of ether oxygens (including phenoxy) is 1. The predicted molar refractivity (Wildman–Crippen MR) is 83.7 cm³/mol. The van der Waals surface area contributed by atoms with Crippen LogP contribution in [-0.2, 0) is 6.54 Å². The van der Waals surface area contributed by atoms with Gasteiger partial charge in [-0.1, -0.05) is 11.6 Å². The number of aryl methyl sites for hydroxylation is 1. The van der Waals surface area contributed by atoms with Crippen LogP contribution in [0.5, 0.6) is 11.5 Å². The molecule has 106 valence electrons. The number of methoxy groups -OCH3 is 1. The van der Waals surface area contributed by atoms with E-state index in [1.165, 1.54) is 7.11 Å². The van der Waals surface area contributed by atoms with E-state index in [-0.39, 0.29) is 5.75 Å². The number of rotatable bonds is 4. The Balaban J connectivity index is 2.16. The molecule has 0 aliphatic heterocycles. The number of hydrogen-bond acceptors (Lipinski definition) is 4. The lowest BCUT2D eigenvalue weighted by atomic mass is 10.2. The van der Waals surface area contributed by atoms with Gasteiger partial charge in [-0.25, -0.2) is 4.98 Å². The molecule has 0 aliphatic carbocycles. The number of phenolic OH excluding ortho intramolecular Hbond substituents is 1. The number of benzene rings is 1. The van der Waals surface area contributed by atoms with E-state index in [0.717, 1.165) is 16.9 Å². The van der Waals surface area contributed by atoms with Crippen molar-refractivity contribution in [2.24, 2.45) is 0 Å². The van der Waals surface area contributed by atoms with Gasteiger partial charge in [0, 0.05) is 6.54 Å². The van der Waals surface area contributed by atoms with Crippen LogP contribution in [0.15, 0.2) is 28.7 Å². The molecule has 0 unspecified atom stereocenters. The first kappa shape index (κ1) is 14.9. The van der Waals surface area contributed by atoms with Crippen LogP contribution in [0.2, 0.25) is 5.15 Å². The van der Waals surface area contributed by atoms with Gasteiger partial charge in [-0.05, 0) is 52.7 Å². The van der Waals surface area contributed by atoms with Gasteiger partial charge < -0.3 is 15.2 Å². The standard InChI is InChI=1S/C14H14BrClN2O2/c1-8-11(3-4-13(16)18-8)17-7-9-5-10(15)14(19)12(6-9)20-2/h3-6,17,19H,7H2,1-2H3. The summed E-state index contributed by atoms with van der Waals surface area (Å²) in [5.41, 5.74) is 2.72. The second-order valence-corrected chi connectivity index (χ2v) is 5.49. The Morgan fingerprint density at radius 1 is 1.40 bits per heavy atom. The summed E-state index contributed by atoms with van der Waals surface area (Å²) in [6.45, 7) is 2.47. The first-order valence-electron chi connectivity index (χ1n) is 5.93. The van der Waals surface area contributed by atoms with Gasteiger partial charge in [0.2, 0.25) is 0 Å².